The van der Waals surface area contributed by atoms with E-state index in [1.807, 2.05) is 0 Å². The number of hydrogen-bond donors (Lipinski definition) is 3. The van der Waals surface area contributed by atoms with E-state index < -0.39 is 30.6 Å². The topological polar surface area (TPSA) is 85.5 Å². The molecule has 0 amide bonds. The normalized spacial score (nSPS) is 48.6. The second-order valence-electron chi connectivity index (χ2n) is 3.23. The maximum atomic E-state index is 9.53. The van der Waals surface area contributed by atoms with Crippen LogP contribution in [0.25, 0.3) is 0 Å². The Bertz CT molecular complexity index is 235. The molecule has 2 aliphatic rings. The van der Waals surface area contributed by atoms with Crippen LogP contribution in [0.2, 0.25) is 0 Å². The Labute approximate surface area is 75.0 Å². The second kappa shape index (κ2) is 2.91. The van der Waals surface area contributed by atoms with Crippen LogP contribution >= 0.6 is 0 Å². The Hall–Kier alpha value is -0.690. The number of rotatable bonds is 1. The van der Waals surface area contributed by atoms with Crippen molar-refractivity contribution in [3.05, 3.63) is 0 Å². The number of aliphatic hydroxyl groups is 3. The van der Waals surface area contributed by atoms with Gasteiger partial charge in [-0.05, 0) is 0 Å². The first-order chi connectivity index (χ1) is 6.16. The molecule has 74 valence electrons. The lowest BCUT2D eigenvalue weighted by Gasteiger charge is -2.22. The molecule has 3 N–H and O–H groups in total. The molecule has 0 aromatic carbocycles. The van der Waals surface area contributed by atoms with Crippen LogP contribution in [0.15, 0.2) is 5.10 Å². The van der Waals surface area contributed by atoms with Crippen LogP contribution in [0, 0.1) is 0 Å². The highest BCUT2D eigenvalue weighted by molar-refractivity contribution is 5.66. The summed E-state index contributed by atoms with van der Waals surface area (Å²) < 4.78 is 4.95. The number of methoxy groups -OCH3 is 1. The van der Waals surface area contributed by atoms with E-state index in [2.05, 4.69) is 5.10 Å². The van der Waals surface area contributed by atoms with Gasteiger partial charge in [0, 0.05) is 7.11 Å². The molecule has 6 nitrogen and oxygen atoms in total. The molecule has 0 aromatic heterocycles. The van der Waals surface area contributed by atoms with Gasteiger partial charge in [0.1, 0.15) is 24.4 Å². The first kappa shape index (κ1) is 8.89. The van der Waals surface area contributed by atoms with Crippen LogP contribution in [0.5, 0.6) is 0 Å². The zero-order valence-electron chi connectivity index (χ0n) is 7.11. The van der Waals surface area contributed by atoms with Gasteiger partial charge in [0.15, 0.2) is 6.23 Å². The Kier molecular flexibility index (Phi) is 1.99. The molecular formula is C7H12N2O4. The van der Waals surface area contributed by atoms with Crippen molar-refractivity contribution in [1.29, 1.82) is 0 Å². The number of ether oxygens (including phenoxy) is 1. The quantitative estimate of drug-likeness (QED) is 0.432. The molecule has 2 aliphatic heterocycles. The van der Waals surface area contributed by atoms with Gasteiger partial charge < -0.3 is 20.1 Å². The standard InChI is InChI=1S/C7H12N2O4/c1-13-7-6(12)5(11)4-3(10)2-8-9(4)7/h2-7,10-12H,1H3/t3-,4+,5-,6-,7-/m0/s1. The summed E-state index contributed by atoms with van der Waals surface area (Å²) in [5.74, 6) is 0. The third-order valence-corrected chi connectivity index (χ3v) is 2.50. The first-order valence-corrected chi connectivity index (χ1v) is 4.06. The predicted molar refractivity (Wildman–Crippen MR) is 42.9 cm³/mol. The highest BCUT2D eigenvalue weighted by Gasteiger charge is 2.52. The molecule has 0 spiro atoms. The fourth-order valence-corrected chi connectivity index (χ4v) is 1.84. The summed E-state index contributed by atoms with van der Waals surface area (Å²) in [5.41, 5.74) is 0. The minimum Gasteiger partial charge on any atom is -0.388 e. The highest BCUT2D eigenvalue weighted by atomic mass is 16.5. The zero-order valence-corrected chi connectivity index (χ0v) is 7.11. The Morgan fingerprint density at radius 3 is 2.62 bits per heavy atom. The molecule has 2 rings (SSSR count). The van der Waals surface area contributed by atoms with Crippen molar-refractivity contribution in [2.45, 2.75) is 30.6 Å². The lowest BCUT2D eigenvalue weighted by Crippen LogP contribution is -2.40. The molecule has 0 radical (unpaired) electrons. The maximum Gasteiger partial charge on any atom is 0.174 e. The fraction of sp³-hybridized carbons (Fsp3) is 0.857. The van der Waals surface area contributed by atoms with Gasteiger partial charge in [-0.15, -0.1) is 0 Å². The summed E-state index contributed by atoms with van der Waals surface area (Å²) in [6, 6.07) is -0.583. The minimum atomic E-state index is -1.03. The lowest BCUT2D eigenvalue weighted by molar-refractivity contribution is -0.0795. The van der Waals surface area contributed by atoms with Gasteiger partial charge in [0.05, 0.1) is 6.21 Å². The van der Waals surface area contributed by atoms with Crippen molar-refractivity contribution < 1.29 is 20.1 Å². The average Bonchev–Trinajstić information content (AvgIpc) is 2.57. The summed E-state index contributed by atoms with van der Waals surface area (Å²) in [6.45, 7) is 0. The molecular weight excluding hydrogens is 176 g/mol. The van der Waals surface area contributed by atoms with Crippen LogP contribution in [0.1, 0.15) is 0 Å². The maximum absolute atomic E-state index is 9.53. The monoisotopic (exact) mass is 188 g/mol. The molecule has 0 bridgehead atoms. The summed E-state index contributed by atoms with van der Waals surface area (Å²) in [5, 5.41) is 33.6. The predicted octanol–water partition coefficient (Wildman–Crippen LogP) is -2.27. The van der Waals surface area contributed by atoms with Crippen molar-refractivity contribution in [2.24, 2.45) is 5.10 Å². The molecule has 13 heavy (non-hydrogen) atoms. The smallest absolute Gasteiger partial charge is 0.174 e. The summed E-state index contributed by atoms with van der Waals surface area (Å²) >= 11 is 0. The zero-order chi connectivity index (χ0) is 9.59. The van der Waals surface area contributed by atoms with Crippen LogP contribution in [-0.2, 0) is 4.74 Å². The minimum absolute atomic E-state index is 0.583. The van der Waals surface area contributed by atoms with E-state index in [0.29, 0.717) is 0 Å². The number of nitrogens with zero attached hydrogens (tertiary/aromatic N) is 2. The van der Waals surface area contributed by atoms with E-state index in [4.69, 9.17) is 4.74 Å². The average molecular weight is 188 g/mol. The van der Waals surface area contributed by atoms with E-state index in [1.165, 1.54) is 18.3 Å². The molecule has 0 unspecified atom stereocenters. The van der Waals surface area contributed by atoms with E-state index in [1.54, 1.807) is 0 Å². The number of hydrazone groups is 1. The van der Waals surface area contributed by atoms with Gasteiger partial charge in [-0.25, -0.2) is 0 Å². The van der Waals surface area contributed by atoms with Gasteiger partial charge >= 0.3 is 0 Å². The fourth-order valence-electron chi connectivity index (χ4n) is 1.84. The summed E-state index contributed by atoms with van der Waals surface area (Å²) in [7, 11) is 1.42. The van der Waals surface area contributed by atoms with E-state index in [9.17, 15) is 15.3 Å². The highest BCUT2D eigenvalue weighted by Crippen LogP contribution is 2.30. The van der Waals surface area contributed by atoms with Crippen LogP contribution < -0.4 is 0 Å². The van der Waals surface area contributed by atoms with Crippen molar-refractivity contribution in [3.8, 4) is 0 Å². The van der Waals surface area contributed by atoms with E-state index >= 15 is 0 Å². The van der Waals surface area contributed by atoms with Gasteiger partial charge in [0.25, 0.3) is 0 Å². The SMILES string of the molecule is CO[C@H]1[C@@H](O)[C@@H](O)[C@H]2[C@@H](O)C=NN21. The van der Waals surface area contributed by atoms with Crippen LogP contribution in [0.4, 0.5) is 0 Å². The summed E-state index contributed by atoms with van der Waals surface area (Å²) in [4.78, 5) is 0. The third-order valence-electron chi connectivity index (χ3n) is 2.50. The number of fused-ring (bicyclic) bond motifs is 1. The molecule has 0 aliphatic carbocycles. The third kappa shape index (κ3) is 1.07. The van der Waals surface area contributed by atoms with Crippen LogP contribution in [-0.4, -0.2) is 64.2 Å². The van der Waals surface area contributed by atoms with E-state index in [0.717, 1.165) is 0 Å². The molecule has 0 aromatic rings. The van der Waals surface area contributed by atoms with Gasteiger partial charge in [-0.2, -0.15) is 5.10 Å². The molecule has 6 heteroatoms. The van der Waals surface area contributed by atoms with Crippen molar-refractivity contribution in [1.82, 2.24) is 5.01 Å². The Morgan fingerprint density at radius 2 is 2.00 bits per heavy atom. The van der Waals surface area contributed by atoms with Gasteiger partial charge in [-0.1, -0.05) is 0 Å². The molecule has 2 heterocycles. The molecule has 0 saturated carbocycles. The van der Waals surface area contributed by atoms with Crippen molar-refractivity contribution in [3.63, 3.8) is 0 Å². The summed E-state index contributed by atoms with van der Waals surface area (Å²) in [6.07, 6.45) is -2.24. The van der Waals surface area contributed by atoms with E-state index in [-0.39, 0.29) is 0 Å². The second-order valence-corrected chi connectivity index (χ2v) is 3.23. The van der Waals surface area contributed by atoms with Gasteiger partial charge in [0.2, 0.25) is 0 Å². The molecule has 1 saturated heterocycles. The lowest BCUT2D eigenvalue weighted by atomic mass is 10.1. The Balaban J connectivity index is 2.23. The largest absolute Gasteiger partial charge is 0.388 e. The van der Waals surface area contributed by atoms with Crippen LogP contribution in [0.3, 0.4) is 0 Å². The molecule has 1 fully saturated rings. The Morgan fingerprint density at radius 1 is 1.31 bits per heavy atom. The van der Waals surface area contributed by atoms with Gasteiger partial charge in [-0.3, -0.25) is 5.01 Å². The number of aliphatic hydroxyl groups excluding tert-OH is 3. The van der Waals surface area contributed by atoms with Crippen molar-refractivity contribution in [2.75, 3.05) is 7.11 Å². The number of hydrogen-bond acceptors (Lipinski definition) is 6. The first-order valence-electron chi connectivity index (χ1n) is 4.06. The van der Waals surface area contributed by atoms with Crippen molar-refractivity contribution >= 4 is 6.21 Å². The molecule has 5 atom stereocenters.